The summed E-state index contributed by atoms with van der Waals surface area (Å²) in [5.74, 6) is -0.0765. The molecular formula is C37H39BF2N10O12P2S. The molecule has 0 bridgehead atoms. The number of aromatic amines is 1. The smallest absolute Gasteiger partial charge is 0.389 e. The Kier molecular flexibility index (Phi) is 12.6. The van der Waals surface area contributed by atoms with Crippen molar-refractivity contribution < 1.29 is 59.7 Å². The molecule has 22 nitrogen and oxygen atoms in total. The highest BCUT2D eigenvalue weighted by molar-refractivity contribution is 8.54. The summed E-state index contributed by atoms with van der Waals surface area (Å²) in [5, 5.41) is 0. The van der Waals surface area contributed by atoms with Gasteiger partial charge in [0.2, 0.25) is 5.95 Å². The van der Waals surface area contributed by atoms with Crippen LogP contribution >= 0.6 is 25.7 Å². The molecule has 3 saturated heterocycles. The Balaban J connectivity index is 0.981. The Morgan fingerprint density at radius 1 is 0.877 bits per heavy atom. The fourth-order valence-corrected chi connectivity index (χ4v) is 11.9. The summed E-state index contributed by atoms with van der Waals surface area (Å²) in [6.07, 6.45) is -9.26. The number of esters is 1. The van der Waals surface area contributed by atoms with E-state index in [0.29, 0.717) is 34.9 Å². The second-order valence-electron chi connectivity index (χ2n) is 15.0. The average molecular weight is 959 g/mol. The van der Waals surface area contributed by atoms with Gasteiger partial charge in [-0.1, -0.05) is 19.1 Å². The van der Waals surface area contributed by atoms with Crippen molar-refractivity contribution in [2.75, 3.05) is 31.3 Å². The summed E-state index contributed by atoms with van der Waals surface area (Å²) in [7, 11) is -3.16. The number of imidazole rings is 2. The first-order valence-corrected chi connectivity index (χ1v) is 25.1. The number of hydrogen-bond acceptors (Lipinski definition) is 20. The number of carbonyl (C=O) groups is 1. The predicted molar refractivity (Wildman–Crippen MR) is 230 cm³/mol. The summed E-state index contributed by atoms with van der Waals surface area (Å²) in [6.45, 7) is -3.41. The van der Waals surface area contributed by atoms with Crippen LogP contribution in [-0.2, 0) is 42.5 Å². The zero-order valence-electron chi connectivity index (χ0n) is 34.2. The number of rotatable bonds is 10. The molecule has 0 amide bonds. The van der Waals surface area contributed by atoms with E-state index in [9.17, 15) is 18.7 Å². The Morgan fingerprint density at radius 3 is 2.20 bits per heavy atom. The van der Waals surface area contributed by atoms with Gasteiger partial charge in [0, 0.05) is 5.75 Å². The number of H-pyrrole nitrogens is 1. The lowest BCUT2D eigenvalue weighted by Crippen LogP contribution is -2.37. The molecule has 3 aliphatic heterocycles. The monoisotopic (exact) mass is 958 g/mol. The van der Waals surface area contributed by atoms with Crippen molar-refractivity contribution in [1.29, 1.82) is 0 Å². The van der Waals surface area contributed by atoms with Gasteiger partial charge >= 0.3 is 12.8 Å². The van der Waals surface area contributed by atoms with Gasteiger partial charge in [-0.3, -0.25) is 32.5 Å². The maximum atomic E-state index is 16.9. The van der Waals surface area contributed by atoms with Crippen LogP contribution in [0.15, 0.2) is 72.3 Å². The number of nitrogens with zero attached hydrogens (tertiary/aromatic N) is 7. The highest BCUT2D eigenvalue weighted by Gasteiger charge is 2.54. The Bertz CT molecular complexity index is 2880. The van der Waals surface area contributed by atoms with Crippen molar-refractivity contribution >= 4 is 73.3 Å². The number of nitrogens with two attached hydrogens (primary N) is 2. The molecule has 28 heteroatoms. The first kappa shape index (κ1) is 44.9. The minimum atomic E-state index is -4.56. The number of nitrogens with one attached hydrogen (secondary N) is 1. The lowest BCUT2D eigenvalue weighted by molar-refractivity contribution is -0.0546. The molecule has 0 aliphatic carbocycles. The van der Waals surface area contributed by atoms with Crippen LogP contribution in [0.1, 0.15) is 41.7 Å². The first-order valence-electron chi connectivity index (χ1n) is 20.0. The van der Waals surface area contributed by atoms with E-state index in [1.165, 1.54) is 23.0 Å². The number of ether oxygens (including phenoxy) is 4. The van der Waals surface area contributed by atoms with E-state index in [-0.39, 0.29) is 45.6 Å². The number of carbonyl (C=O) groups excluding carboxylic acids is 1. The number of halogens is 2. The normalized spacial score (nSPS) is 29.5. The van der Waals surface area contributed by atoms with E-state index >= 15 is 8.78 Å². The Hall–Kier alpha value is -5.30. The molecule has 0 radical (unpaired) electrons. The molecule has 4 aromatic heterocycles. The van der Waals surface area contributed by atoms with Gasteiger partial charge in [-0.05, 0) is 59.8 Å². The van der Waals surface area contributed by atoms with Gasteiger partial charge < -0.3 is 39.5 Å². The van der Waals surface area contributed by atoms with Crippen molar-refractivity contribution in [2.24, 2.45) is 0 Å². The first-order chi connectivity index (χ1) is 31.2. The number of fused-ring (bicyclic) bond motifs is 4. The second-order valence-corrected chi connectivity index (χ2v) is 21.0. The molecule has 10 atom stereocenters. The summed E-state index contributed by atoms with van der Waals surface area (Å²) in [4.78, 5) is 48.1. The summed E-state index contributed by atoms with van der Waals surface area (Å²) < 4.78 is 112. The van der Waals surface area contributed by atoms with Gasteiger partial charge in [0.15, 0.2) is 47.4 Å². The molecule has 2 aromatic carbocycles. The zero-order valence-corrected chi connectivity index (χ0v) is 36.9. The lowest BCUT2D eigenvalue weighted by atomic mass is 10.1. The van der Waals surface area contributed by atoms with E-state index in [4.69, 9.17) is 48.5 Å². The van der Waals surface area contributed by atoms with Crippen molar-refractivity contribution in [3.05, 3.63) is 89.0 Å². The lowest BCUT2D eigenvalue weighted by Gasteiger charge is -2.30. The van der Waals surface area contributed by atoms with Crippen LogP contribution in [-0.4, -0.2) is 109 Å². The van der Waals surface area contributed by atoms with Gasteiger partial charge in [0.05, 0.1) is 38.0 Å². The molecular weight excluding hydrogens is 919 g/mol. The van der Waals surface area contributed by atoms with Gasteiger partial charge in [0.1, 0.15) is 47.8 Å². The molecule has 7 heterocycles. The maximum Gasteiger partial charge on any atom is 0.389 e. The van der Waals surface area contributed by atoms with Crippen LogP contribution in [0.25, 0.3) is 22.3 Å². The molecule has 342 valence electrons. The van der Waals surface area contributed by atoms with Gasteiger partial charge in [0.25, 0.3) is 20.6 Å². The van der Waals surface area contributed by atoms with Crippen LogP contribution in [0.4, 0.5) is 20.5 Å². The zero-order chi connectivity index (χ0) is 45.6. The van der Waals surface area contributed by atoms with E-state index in [2.05, 4.69) is 29.9 Å². The third kappa shape index (κ3) is 9.27. The fraction of sp³-hybridized carbons (Fsp3) is 0.378. The Morgan fingerprint density at radius 2 is 1.51 bits per heavy atom. The van der Waals surface area contributed by atoms with E-state index in [1.807, 2.05) is 6.92 Å². The summed E-state index contributed by atoms with van der Waals surface area (Å²) in [5.41, 5.74) is 11.9. The molecule has 9 rings (SSSR count). The molecule has 0 unspecified atom stereocenters. The summed E-state index contributed by atoms with van der Waals surface area (Å²) in [6, 6.07) is 12.8. The SMILES string of the molecule is B[P@]1(=O)OC[C@H]2O[C@@H](n3cnc4c(N)ncnc43)[C@H](F)[C@@H]2O[P@@](=O)(SCc2ccc(OC(=O)c3ccc(OCCC)cc3)cc2)OC[C@H]2O[C@@H](n3cnc4c(=O)[nH]c(N)nc43)[C@H](F)[C@@H]2O1. The van der Waals surface area contributed by atoms with E-state index in [0.717, 1.165) is 31.2 Å². The fourth-order valence-electron chi connectivity index (χ4n) is 7.29. The molecule has 5 N–H and O–H groups in total. The number of alkyl halides is 2. The standard InChI is InChI=1S/C37H39BF2N10O12P2S/c1-2-11-55-20-9-5-19(6-10-20)36(52)58-21-7-3-18(4-8-21)14-65-64(54)57-13-23-28(24(39)35(60-23)50-17-46-27-32(50)47-37(42)48-33(27)51)61-63(38,53)56-12-22-29(62-64)25(40)34(59-22)49-16-45-26-30(41)43-15-44-31(26)49/h3-10,15-17,22-25,28-29,34-35H,2,11-14,38H2,1H3,(H2,41,43,44)(H3,42,47,48,51)/t22-,23-,24-,25-,28-,29-,34-,35-,63+,64+/m1/s1. The van der Waals surface area contributed by atoms with Crippen LogP contribution in [0.2, 0.25) is 0 Å². The van der Waals surface area contributed by atoms with Crippen molar-refractivity contribution in [3.8, 4) is 11.5 Å². The van der Waals surface area contributed by atoms with Crippen molar-refractivity contribution in [2.45, 2.75) is 68.3 Å². The van der Waals surface area contributed by atoms with E-state index < -0.39 is 88.2 Å². The van der Waals surface area contributed by atoms with Crippen molar-refractivity contribution in [1.82, 2.24) is 39.0 Å². The third-order valence-corrected chi connectivity index (χ3v) is 15.3. The highest BCUT2D eigenvalue weighted by Crippen LogP contribution is 2.65. The third-order valence-electron chi connectivity index (χ3n) is 10.4. The number of anilines is 2. The molecule has 6 aromatic rings. The Labute approximate surface area is 371 Å². The van der Waals surface area contributed by atoms with Gasteiger partial charge in [-0.2, -0.15) is 4.98 Å². The van der Waals surface area contributed by atoms with Crippen LogP contribution in [0.3, 0.4) is 0 Å². The minimum Gasteiger partial charge on any atom is -0.494 e. The highest BCUT2D eigenvalue weighted by atomic mass is 32.7. The van der Waals surface area contributed by atoms with E-state index in [1.54, 1.807) is 36.4 Å². The predicted octanol–water partition coefficient (Wildman–Crippen LogP) is 4.20. The number of benzene rings is 2. The second kappa shape index (κ2) is 18.2. The molecule has 65 heavy (non-hydrogen) atoms. The molecule has 3 fully saturated rings. The quantitative estimate of drug-likeness (QED) is 0.0750. The minimum absolute atomic E-state index is 0.0252. The van der Waals surface area contributed by atoms with Crippen LogP contribution in [0, 0.1) is 0 Å². The number of hydrogen-bond donors (Lipinski definition) is 3. The molecule has 0 saturated carbocycles. The van der Waals surface area contributed by atoms with Crippen LogP contribution < -0.4 is 26.5 Å². The maximum absolute atomic E-state index is 16.9. The van der Waals surface area contributed by atoms with Crippen LogP contribution in [0.5, 0.6) is 11.5 Å². The largest absolute Gasteiger partial charge is 0.494 e. The molecule has 0 spiro atoms. The average Bonchev–Trinajstić information content (AvgIpc) is 4.05. The summed E-state index contributed by atoms with van der Waals surface area (Å²) >= 11 is 0.669. The topological polar surface area (TPSA) is 284 Å². The number of aromatic nitrogens is 8. The number of nitrogen functional groups attached to an aromatic ring is 2. The van der Waals surface area contributed by atoms with Gasteiger partial charge in [-0.15, -0.1) is 0 Å². The van der Waals surface area contributed by atoms with Gasteiger partial charge in [-0.25, -0.2) is 38.1 Å². The van der Waals surface area contributed by atoms with Crippen molar-refractivity contribution in [3.63, 3.8) is 0 Å². The molecule has 3 aliphatic rings.